The van der Waals surface area contributed by atoms with Gasteiger partial charge in [-0.3, -0.25) is 4.98 Å². The number of hydrogen-bond acceptors (Lipinski definition) is 3. The summed E-state index contributed by atoms with van der Waals surface area (Å²) >= 11 is 0. The summed E-state index contributed by atoms with van der Waals surface area (Å²) in [6.07, 6.45) is 1.83. The predicted octanol–water partition coefficient (Wildman–Crippen LogP) is 0.940. The van der Waals surface area contributed by atoms with E-state index in [0.717, 1.165) is 11.3 Å². The maximum Gasteiger partial charge on any atom is 0.0828 e. The van der Waals surface area contributed by atoms with Crippen LogP contribution in [-0.2, 0) is 11.2 Å². The van der Waals surface area contributed by atoms with Crippen LogP contribution in [0.2, 0.25) is 0 Å². The number of aliphatic hydroxyl groups is 1. The van der Waals surface area contributed by atoms with Crippen molar-refractivity contribution in [2.75, 3.05) is 13.7 Å². The van der Waals surface area contributed by atoms with Crippen molar-refractivity contribution in [2.45, 2.75) is 19.4 Å². The van der Waals surface area contributed by atoms with Crippen LogP contribution in [0.3, 0.4) is 0 Å². The van der Waals surface area contributed by atoms with Crippen molar-refractivity contribution in [1.82, 2.24) is 4.98 Å². The molecule has 3 heteroatoms. The van der Waals surface area contributed by atoms with Crippen LogP contribution in [0.4, 0.5) is 0 Å². The fourth-order valence-electron chi connectivity index (χ4n) is 1.21. The average Bonchev–Trinajstić information content (AvgIpc) is 2.09. The van der Waals surface area contributed by atoms with Crippen molar-refractivity contribution in [1.29, 1.82) is 0 Å². The Kier molecular flexibility index (Phi) is 3.86. The van der Waals surface area contributed by atoms with Gasteiger partial charge in [0.1, 0.15) is 0 Å². The number of hydrogen-bond donors (Lipinski definition) is 1. The van der Waals surface area contributed by atoms with Crippen LogP contribution in [0.1, 0.15) is 11.3 Å². The van der Waals surface area contributed by atoms with Gasteiger partial charge in [0.25, 0.3) is 0 Å². The van der Waals surface area contributed by atoms with Crippen molar-refractivity contribution in [2.24, 2.45) is 0 Å². The van der Waals surface area contributed by atoms with E-state index in [1.54, 1.807) is 13.3 Å². The molecule has 1 aromatic heterocycles. The monoisotopic (exact) mass is 181 g/mol. The SMILES string of the molecule is COCC(O)Cc1ncccc1C. The van der Waals surface area contributed by atoms with E-state index in [1.807, 2.05) is 19.1 Å². The van der Waals surface area contributed by atoms with Crippen LogP contribution in [0.5, 0.6) is 0 Å². The second-order valence-corrected chi connectivity index (χ2v) is 3.08. The van der Waals surface area contributed by atoms with Crippen molar-refractivity contribution < 1.29 is 9.84 Å². The molecule has 72 valence electrons. The third-order valence-electron chi connectivity index (χ3n) is 1.91. The van der Waals surface area contributed by atoms with Crippen molar-refractivity contribution in [3.63, 3.8) is 0 Å². The number of methoxy groups -OCH3 is 1. The van der Waals surface area contributed by atoms with Crippen LogP contribution < -0.4 is 0 Å². The Bertz CT molecular complexity index is 263. The largest absolute Gasteiger partial charge is 0.390 e. The Balaban J connectivity index is 2.58. The topological polar surface area (TPSA) is 42.4 Å². The lowest BCUT2D eigenvalue weighted by atomic mass is 10.1. The third-order valence-corrected chi connectivity index (χ3v) is 1.91. The number of pyridine rings is 1. The van der Waals surface area contributed by atoms with Gasteiger partial charge >= 0.3 is 0 Å². The molecule has 1 N–H and O–H groups in total. The summed E-state index contributed by atoms with van der Waals surface area (Å²) in [5.74, 6) is 0. The second kappa shape index (κ2) is 4.94. The van der Waals surface area contributed by atoms with Gasteiger partial charge in [-0.1, -0.05) is 6.07 Å². The first-order chi connectivity index (χ1) is 6.24. The van der Waals surface area contributed by atoms with E-state index in [9.17, 15) is 5.11 Å². The Morgan fingerprint density at radius 1 is 1.62 bits per heavy atom. The molecule has 0 aliphatic carbocycles. The van der Waals surface area contributed by atoms with E-state index >= 15 is 0 Å². The first kappa shape index (κ1) is 10.2. The molecule has 0 aliphatic rings. The first-order valence-corrected chi connectivity index (χ1v) is 4.31. The lowest BCUT2D eigenvalue weighted by Crippen LogP contribution is -2.18. The minimum Gasteiger partial charge on any atom is -0.390 e. The minimum atomic E-state index is -0.460. The van der Waals surface area contributed by atoms with Crippen molar-refractivity contribution >= 4 is 0 Å². The van der Waals surface area contributed by atoms with Gasteiger partial charge in [-0.2, -0.15) is 0 Å². The summed E-state index contributed by atoms with van der Waals surface area (Å²) in [6.45, 7) is 2.35. The summed E-state index contributed by atoms with van der Waals surface area (Å²) in [5, 5.41) is 9.46. The van der Waals surface area contributed by atoms with E-state index in [4.69, 9.17) is 4.74 Å². The number of aryl methyl sites for hydroxylation is 1. The molecule has 0 saturated carbocycles. The van der Waals surface area contributed by atoms with Gasteiger partial charge in [-0.25, -0.2) is 0 Å². The van der Waals surface area contributed by atoms with Crippen LogP contribution in [-0.4, -0.2) is 29.9 Å². The van der Waals surface area contributed by atoms with Crippen molar-refractivity contribution in [3.05, 3.63) is 29.6 Å². The van der Waals surface area contributed by atoms with Gasteiger partial charge in [0, 0.05) is 25.4 Å². The Morgan fingerprint density at radius 2 is 2.38 bits per heavy atom. The summed E-state index contributed by atoms with van der Waals surface area (Å²) in [7, 11) is 1.58. The summed E-state index contributed by atoms with van der Waals surface area (Å²) < 4.78 is 4.84. The lowest BCUT2D eigenvalue weighted by Gasteiger charge is -2.09. The molecule has 0 amide bonds. The smallest absolute Gasteiger partial charge is 0.0828 e. The number of ether oxygens (including phenoxy) is 1. The van der Waals surface area contributed by atoms with Crippen LogP contribution in [0, 0.1) is 6.92 Å². The molecule has 0 spiro atoms. The maximum atomic E-state index is 9.46. The maximum absolute atomic E-state index is 9.46. The second-order valence-electron chi connectivity index (χ2n) is 3.08. The molecule has 13 heavy (non-hydrogen) atoms. The molecule has 1 heterocycles. The molecule has 1 atom stereocenters. The molecule has 3 nitrogen and oxygen atoms in total. The Labute approximate surface area is 78.4 Å². The fraction of sp³-hybridized carbons (Fsp3) is 0.500. The Hall–Kier alpha value is -0.930. The summed E-state index contributed by atoms with van der Waals surface area (Å²) in [5.41, 5.74) is 2.05. The molecule has 1 aromatic rings. The zero-order valence-electron chi connectivity index (χ0n) is 8.03. The van der Waals surface area contributed by atoms with Crippen LogP contribution in [0.25, 0.3) is 0 Å². The van der Waals surface area contributed by atoms with E-state index < -0.39 is 6.10 Å². The highest BCUT2D eigenvalue weighted by atomic mass is 16.5. The average molecular weight is 181 g/mol. The van der Waals surface area contributed by atoms with Gasteiger partial charge in [0.05, 0.1) is 12.7 Å². The minimum absolute atomic E-state index is 0.357. The van der Waals surface area contributed by atoms with Gasteiger partial charge < -0.3 is 9.84 Å². The van der Waals surface area contributed by atoms with Gasteiger partial charge in [-0.05, 0) is 18.6 Å². The molecular weight excluding hydrogens is 166 g/mol. The van der Waals surface area contributed by atoms with Crippen molar-refractivity contribution in [3.8, 4) is 0 Å². The molecule has 0 aromatic carbocycles. The molecule has 0 aliphatic heterocycles. The normalized spacial score (nSPS) is 12.8. The lowest BCUT2D eigenvalue weighted by molar-refractivity contribution is 0.0643. The predicted molar refractivity (Wildman–Crippen MR) is 50.6 cm³/mol. The standard InChI is InChI=1S/C10H15NO2/c1-8-4-3-5-11-10(8)6-9(12)7-13-2/h3-5,9,12H,6-7H2,1-2H3. The zero-order chi connectivity index (χ0) is 9.68. The molecule has 0 saturated heterocycles. The number of aromatic nitrogens is 1. The first-order valence-electron chi connectivity index (χ1n) is 4.31. The van der Waals surface area contributed by atoms with E-state index in [-0.39, 0.29) is 0 Å². The van der Waals surface area contributed by atoms with Crippen LogP contribution >= 0.6 is 0 Å². The zero-order valence-corrected chi connectivity index (χ0v) is 8.03. The third kappa shape index (κ3) is 3.13. The highest BCUT2D eigenvalue weighted by Crippen LogP contribution is 2.06. The fourth-order valence-corrected chi connectivity index (χ4v) is 1.21. The van der Waals surface area contributed by atoms with Gasteiger partial charge in [0.15, 0.2) is 0 Å². The molecular formula is C10H15NO2. The number of rotatable bonds is 4. The highest BCUT2D eigenvalue weighted by Gasteiger charge is 2.07. The van der Waals surface area contributed by atoms with E-state index in [0.29, 0.717) is 13.0 Å². The van der Waals surface area contributed by atoms with E-state index in [1.165, 1.54) is 0 Å². The molecule has 0 radical (unpaired) electrons. The van der Waals surface area contributed by atoms with Gasteiger partial charge in [-0.15, -0.1) is 0 Å². The Morgan fingerprint density at radius 3 is 3.00 bits per heavy atom. The highest BCUT2D eigenvalue weighted by molar-refractivity contribution is 5.18. The van der Waals surface area contributed by atoms with Gasteiger partial charge in [0.2, 0.25) is 0 Å². The molecule has 1 rings (SSSR count). The summed E-state index contributed by atoms with van der Waals surface area (Å²) in [6, 6.07) is 3.88. The summed E-state index contributed by atoms with van der Waals surface area (Å²) in [4.78, 5) is 4.18. The number of aliphatic hydroxyl groups excluding tert-OH is 1. The quantitative estimate of drug-likeness (QED) is 0.751. The molecule has 1 unspecified atom stereocenters. The van der Waals surface area contributed by atoms with E-state index in [2.05, 4.69) is 4.98 Å². The number of nitrogens with zero attached hydrogens (tertiary/aromatic N) is 1. The van der Waals surface area contributed by atoms with Crippen LogP contribution in [0.15, 0.2) is 18.3 Å². The molecule has 0 fully saturated rings. The molecule has 0 bridgehead atoms.